The molecule has 0 spiro atoms. The van der Waals surface area contributed by atoms with Crippen LogP contribution in [0.25, 0.3) is 16.9 Å². The zero-order chi connectivity index (χ0) is 21.3. The van der Waals surface area contributed by atoms with Gasteiger partial charge in [-0.15, -0.1) is 0 Å². The van der Waals surface area contributed by atoms with Gasteiger partial charge in [-0.2, -0.15) is 0 Å². The van der Waals surface area contributed by atoms with Crippen molar-refractivity contribution in [2.75, 3.05) is 38.3 Å². The molecular formula is C22H25N3O4S. The summed E-state index contributed by atoms with van der Waals surface area (Å²) in [6.07, 6.45) is 2.42. The standard InChI is InChI=1S/C22H25N3O4S/c1-3-14-10-16(20(27)12-19(14)26)18-13-23-22(30)25(18)15-4-5-21(28-2)17(11-15)24-6-8-29-9-7-24/h4-5,10-13,26-27H,3,6-9H2,1-2H3,(H,23,30). The Bertz CT molecular complexity index is 1120. The Morgan fingerprint density at radius 2 is 1.90 bits per heavy atom. The van der Waals surface area contributed by atoms with Crippen LogP contribution in [0.3, 0.4) is 0 Å². The highest BCUT2D eigenvalue weighted by Gasteiger charge is 2.19. The van der Waals surface area contributed by atoms with Crippen molar-refractivity contribution < 1.29 is 19.7 Å². The van der Waals surface area contributed by atoms with Crippen LogP contribution >= 0.6 is 12.2 Å². The molecule has 1 aliphatic heterocycles. The van der Waals surface area contributed by atoms with Crippen molar-refractivity contribution in [1.29, 1.82) is 0 Å². The van der Waals surface area contributed by atoms with E-state index in [9.17, 15) is 10.2 Å². The molecule has 4 rings (SSSR count). The number of hydrogen-bond acceptors (Lipinski definition) is 6. The van der Waals surface area contributed by atoms with E-state index in [-0.39, 0.29) is 11.5 Å². The summed E-state index contributed by atoms with van der Waals surface area (Å²) < 4.78 is 13.5. The minimum atomic E-state index is -0.00522. The molecule has 0 radical (unpaired) electrons. The summed E-state index contributed by atoms with van der Waals surface area (Å²) in [5.74, 6) is 0.859. The van der Waals surface area contributed by atoms with Gasteiger partial charge in [0.05, 0.1) is 37.4 Å². The first-order valence-electron chi connectivity index (χ1n) is 9.90. The van der Waals surface area contributed by atoms with Crippen LogP contribution in [0.15, 0.2) is 36.5 Å². The van der Waals surface area contributed by atoms with E-state index in [4.69, 9.17) is 21.7 Å². The average Bonchev–Trinajstić information content (AvgIpc) is 3.15. The first-order chi connectivity index (χ1) is 14.5. The van der Waals surface area contributed by atoms with Crippen LogP contribution in [0, 0.1) is 4.77 Å². The van der Waals surface area contributed by atoms with Gasteiger partial charge in [0, 0.05) is 30.9 Å². The smallest absolute Gasteiger partial charge is 0.182 e. The molecule has 1 aliphatic rings. The number of nitrogens with one attached hydrogen (secondary N) is 1. The highest BCUT2D eigenvalue weighted by Crippen LogP contribution is 2.38. The minimum Gasteiger partial charge on any atom is -0.508 e. The molecule has 1 saturated heterocycles. The predicted octanol–water partition coefficient (Wildman–Crippen LogP) is 4.02. The van der Waals surface area contributed by atoms with Crippen LogP contribution in [0.2, 0.25) is 0 Å². The van der Waals surface area contributed by atoms with Crippen molar-refractivity contribution in [3.05, 3.63) is 46.9 Å². The highest BCUT2D eigenvalue weighted by molar-refractivity contribution is 7.71. The van der Waals surface area contributed by atoms with Crippen molar-refractivity contribution in [3.8, 4) is 34.2 Å². The third-order valence-corrected chi connectivity index (χ3v) is 5.70. The Labute approximate surface area is 180 Å². The molecule has 2 aromatic carbocycles. The summed E-state index contributed by atoms with van der Waals surface area (Å²) in [6.45, 7) is 4.86. The van der Waals surface area contributed by atoms with Crippen LogP contribution < -0.4 is 9.64 Å². The fourth-order valence-corrected chi connectivity index (χ4v) is 4.07. The lowest BCUT2D eigenvalue weighted by atomic mass is 10.0. The molecule has 2 heterocycles. The zero-order valence-electron chi connectivity index (χ0n) is 17.0. The van der Waals surface area contributed by atoms with Gasteiger partial charge in [0.25, 0.3) is 0 Å². The molecule has 3 N–H and O–H groups in total. The monoisotopic (exact) mass is 427 g/mol. The van der Waals surface area contributed by atoms with Gasteiger partial charge >= 0.3 is 0 Å². The van der Waals surface area contributed by atoms with Gasteiger partial charge in [-0.05, 0) is 48.5 Å². The van der Waals surface area contributed by atoms with Gasteiger partial charge in [-0.25, -0.2) is 0 Å². The molecule has 1 aromatic heterocycles. The largest absolute Gasteiger partial charge is 0.508 e. The van der Waals surface area contributed by atoms with Crippen molar-refractivity contribution in [2.24, 2.45) is 0 Å². The molecule has 3 aromatic rings. The summed E-state index contributed by atoms with van der Waals surface area (Å²) in [6, 6.07) is 9.07. The Morgan fingerprint density at radius 3 is 2.60 bits per heavy atom. The zero-order valence-corrected chi connectivity index (χ0v) is 17.8. The maximum atomic E-state index is 10.5. The number of methoxy groups -OCH3 is 1. The quantitative estimate of drug-likeness (QED) is 0.534. The summed E-state index contributed by atoms with van der Waals surface area (Å²) in [5, 5.41) is 20.6. The SMILES string of the molecule is CCc1cc(-c2c[nH]c(=S)n2-c2ccc(OC)c(N3CCOCC3)c2)c(O)cc1O. The number of phenols is 2. The second kappa shape index (κ2) is 8.41. The van der Waals surface area contributed by atoms with Crippen LogP contribution in [0.1, 0.15) is 12.5 Å². The summed E-state index contributed by atoms with van der Waals surface area (Å²) in [4.78, 5) is 5.31. The molecule has 7 nitrogen and oxygen atoms in total. The highest BCUT2D eigenvalue weighted by atomic mass is 32.1. The van der Waals surface area contributed by atoms with Gasteiger partial charge in [-0.1, -0.05) is 6.92 Å². The van der Waals surface area contributed by atoms with Crippen molar-refractivity contribution in [1.82, 2.24) is 9.55 Å². The van der Waals surface area contributed by atoms with E-state index in [1.807, 2.05) is 29.7 Å². The number of imidazole rings is 1. The number of benzene rings is 2. The van der Waals surface area contributed by atoms with E-state index in [0.29, 0.717) is 35.7 Å². The Balaban J connectivity index is 1.85. The molecule has 0 unspecified atom stereocenters. The Kier molecular flexibility index (Phi) is 5.69. The molecule has 0 aliphatic carbocycles. The lowest BCUT2D eigenvalue weighted by Crippen LogP contribution is -2.36. The topological polar surface area (TPSA) is 82.9 Å². The normalized spacial score (nSPS) is 14.1. The number of nitrogens with zero attached hydrogens (tertiary/aromatic N) is 2. The van der Waals surface area contributed by atoms with Crippen molar-refractivity contribution >= 4 is 17.9 Å². The fourth-order valence-electron chi connectivity index (χ4n) is 3.80. The number of ether oxygens (including phenoxy) is 2. The molecule has 0 saturated carbocycles. The van der Waals surface area contributed by atoms with Gasteiger partial charge in [0.1, 0.15) is 17.2 Å². The molecule has 8 heteroatoms. The van der Waals surface area contributed by atoms with Crippen molar-refractivity contribution in [2.45, 2.75) is 13.3 Å². The average molecular weight is 428 g/mol. The maximum Gasteiger partial charge on any atom is 0.182 e. The number of H-pyrrole nitrogens is 1. The first-order valence-corrected chi connectivity index (χ1v) is 10.3. The van der Waals surface area contributed by atoms with Gasteiger partial charge in [0.2, 0.25) is 0 Å². The lowest BCUT2D eigenvalue weighted by molar-refractivity contribution is 0.122. The van der Waals surface area contributed by atoms with Crippen LogP contribution in [-0.2, 0) is 11.2 Å². The molecular weight excluding hydrogens is 402 g/mol. The van der Waals surface area contributed by atoms with Crippen LogP contribution in [0.5, 0.6) is 17.2 Å². The number of rotatable bonds is 5. The molecule has 0 atom stereocenters. The molecule has 30 heavy (non-hydrogen) atoms. The second-order valence-corrected chi connectivity index (χ2v) is 7.51. The first kappa shape index (κ1) is 20.3. The summed E-state index contributed by atoms with van der Waals surface area (Å²) in [5.41, 5.74) is 3.89. The number of anilines is 1. The second-order valence-electron chi connectivity index (χ2n) is 7.12. The van der Waals surface area contributed by atoms with Crippen LogP contribution in [0.4, 0.5) is 5.69 Å². The third-order valence-electron chi connectivity index (χ3n) is 5.40. The molecule has 1 fully saturated rings. The number of aromatic nitrogens is 2. The summed E-state index contributed by atoms with van der Waals surface area (Å²) in [7, 11) is 1.66. The maximum absolute atomic E-state index is 10.5. The third kappa shape index (κ3) is 3.64. The number of aromatic hydroxyl groups is 2. The van der Waals surface area contributed by atoms with E-state index in [1.54, 1.807) is 19.4 Å². The van der Waals surface area contributed by atoms with Gasteiger partial charge < -0.3 is 29.6 Å². The summed E-state index contributed by atoms with van der Waals surface area (Å²) >= 11 is 5.56. The van der Waals surface area contributed by atoms with E-state index >= 15 is 0 Å². The van der Waals surface area contributed by atoms with E-state index in [0.717, 1.165) is 35.8 Å². The number of morpholine rings is 1. The van der Waals surface area contributed by atoms with Gasteiger partial charge in [0.15, 0.2) is 4.77 Å². The lowest BCUT2D eigenvalue weighted by Gasteiger charge is -2.30. The molecule has 0 amide bonds. The number of phenolic OH excluding ortho intramolecular Hbond substituents is 2. The molecule has 0 bridgehead atoms. The van der Waals surface area contributed by atoms with E-state index < -0.39 is 0 Å². The van der Waals surface area contributed by atoms with Crippen molar-refractivity contribution in [3.63, 3.8) is 0 Å². The Hall–Kier alpha value is -2.97. The Morgan fingerprint density at radius 1 is 1.13 bits per heavy atom. The number of hydrogen-bond donors (Lipinski definition) is 3. The number of aromatic amines is 1. The van der Waals surface area contributed by atoms with E-state index in [2.05, 4.69) is 9.88 Å². The van der Waals surface area contributed by atoms with Crippen LogP contribution in [-0.4, -0.2) is 53.2 Å². The minimum absolute atomic E-state index is 0.00522. The number of aryl methyl sites for hydroxylation is 1. The fraction of sp³-hybridized carbons (Fsp3) is 0.318. The molecule has 158 valence electrons. The predicted molar refractivity (Wildman–Crippen MR) is 119 cm³/mol. The van der Waals surface area contributed by atoms with Gasteiger partial charge in [-0.3, -0.25) is 4.57 Å². The van der Waals surface area contributed by atoms with E-state index in [1.165, 1.54) is 6.07 Å².